The first-order valence-corrected chi connectivity index (χ1v) is 8.16. The molecular formula is C14H23BrN4O. The fourth-order valence-corrected chi connectivity index (χ4v) is 2.26. The second kappa shape index (κ2) is 8.42. The molecule has 5 nitrogen and oxygen atoms in total. The third-order valence-corrected chi connectivity index (χ3v) is 3.89. The monoisotopic (exact) mass is 342 g/mol. The summed E-state index contributed by atoms with van der Waals surface area (Å²) in [7, 11) is 0. The van der Waals surface area contributed by atoms with Gasteiger partial charge in [-0.05, 0) is 47.5 Å². The van der Waals surface area contributed by atoms with Crippen LogP contribution in [-0.2, 0) is 4.74 Å². The van der Waals surface area contributed by atoms with E-state index in [9.17, 15) is 0 Å². The van der Waals surface area contributed by atoms with E-state index < -0.39 is 0 Å². The zero-order chi connectivity index (χ0) is 14.2. The van der Waals surface area contributed by atoms with Crippen LogP contribution in [0.4, 0.5) is 11.6 Å². The molecule has 0 spiro atoms. The van der Waals surface area contributed by atoms with Crippen molar-refractivity contribution in [3.63, 3.8) is 0 Å². The van der Waals surface area contributed by atoms with Crippen molar-refractivity contribution in [1.29, 1.82) is 0 Å². The molecule has 0 aliphatic heterocycles. The van der Waals surface area contributed by atoms with E-state index in [1.165, 1.54) is 12.8 Å². The molecule has 1 aliphatic rings. The Balaban J connectivity index is 1.68. The molecule has 0 atom stereocenters. The molecule has 112 valence electrons. The highest BCUT2D eigenvalue weighted by atomic mass is 79.9. The Bertz CT molecular complexity index is 412. The van der Waals surface area contributed by atoms with Gasteiger partial charge in [-0.25, -0.2) is 9.97 Å². The molecule has 0 unspecified atom stereocenters. The molecule has 0 bridgehead atoms. The van der Waals surface area contributed by atoms with Crippen LogP contribution in [-0.4, -0.2) is 36.3 Å². The highest BCUT2D eigenvalue weighted by molar-refractivity contribution is 9.10. The van der Waals surface area contributed by atoms with E-state index in [-0.39, 0.29) is 0 Å². The summed E-state index contributed by atoms with van der Waals surface area (Å²) in [5.41, 5.74) is 0. The van der Waals surface area contributed by atoms with Crippen LogP contribution in [0.2, 0.25) is 0 Å². The summed E-state index contributed by atoms with van der Waals surface area (Å²) in [5, 5.41) is 6.59. The van der Waals surface area contributed by atoms with Crippen molar-refractivity contribution in [2.75, 3.05) is 36.9 Å². The summed E-state index contributed by atoms with van der Waals surface area (Å²) in [6.07, 6.45) is 6.33. The summed E-state index contributed by atoms with van der Waals surface area (Å²) >= 11 is 3.54. The molecule has 2 rings (SSSR count). The minimum Gasteiger partial charge on any atom is -0.381 e. The number of nitrogens with one attached hydrogen (secondary N) is 2. The quantitative estimate of drug-likeness (QED) is 0.639. The first-order chi connectivity index (χ1) is 9.81. The summed E-state index contributed by atoms with van der Waals surface area (Å²) in [6, 6.07) is 0. The van der Waals surface area contributed by atoms with Crippen molar-refractivity contribution in [1.82, 2.24) is 9.97 Å². The van der Waals surface area contributed by atoms with Crippen molar-refractivity contribution < 1.29 is 4.74 Å². The molecule has 1 fully saturated rings. The first-order valence-electron chi connectivity index (χ1n) is 7.37. The Labute approximate surface area is 129 Å². The number of halogens is 1. The van der Waals surface area contributed by atoms with Gasteiger partial charge in [0.05, 0.1) is 0 Å². The molecule has 2 N–H and O–H groups in total. The van der Waals surface area contributed by atoms with Gasteiger partial charge in [-0.15, -0.1) is 0 Å². The average molecular weight is 343 g/mol. The Kier molecular flexibility index (Phi) is 6.53. The fourth-order valence-electron chi connectivity index (χ4n) is 1.78. The molecule has 0 saturated heterocycles. The lowest BCUT2D eigenvalue weighted by Gasteiger charge is -2.11. The largest absolute Gasteiger partial charge is 0.381 e. The van der Waals surface area contributed by atoms with Crippen LogP contribution >= 0.6 is 15.9 Å². The summed E-state index contributed by atoms with van der Waals surface area (Å²) in [4.78, 5) is 8.48. The van der Waals surface area contributed by atoms with Crippen LogP contribution in [0, 0.1) is 5.92 Å². The number of rotatable bonds is 10. The molecule has 0 aromatic carbocycles. The number of nitrogens with zero attached hydrogens (tertiary/aromatic N) is 2. The maximum absolute atomic E-state index is 5.61. The summed E-state index contributed by atoms with van der Waals surface area (Å²) in [6.45, 7) is 5.63. The standard InChI is InChI=1S/C14H23BrN4O/c1-2-6-16-13-12(15)14(19-10-18-13)17-7-3-8-20-9-11-4-5-11/h10-11H,2-9H2,1H3,(H2,16,17,18,19). The van der Waals surface area contributed by atoms with E-state index in [0.717, 1.165) is 61.2 Å². The van der Waals surface area contributed by atoms with Gasteiger partial charge in [-0.3, -0.25) is 0 Å². The minimum atomic E-state index is 0.813. The van der Waals surface area contributed by atoms with Gasteiger partial charge < -0.3 is 15.4 Å². The predicted molar refractivity (Wildman–Crippen MR) is 85.2 cm³/mol. The van der Waals surface area contributed by atoms with E-state index in [2.05, 4.69) is 43.5 Å². The maximum atomic E-state index is 5.61. The van der Waals surface area contributed by atoms with Crippen LogP contribution in [0.5, 0.6) is 0 Å². The molecule has 1 aliphatic carbocycles. The van der Waals surface area contributed by atoms with Gasteiger partial charge in [0.15, 0.2) is 0 Å². The van der Waals surface area contributed by atoms with Gasteiger partial charge in [-0.1, -0.05) is 6.92 Å². The van der Waals surface area contributed by atoms with Crippen molar-refractivity contribution in [2.45, 2.75) is 32.6 Å². The Morgan fingerprint density at radius 2 is 1.95 bits per heavy atom. The summed E-state index contributed by atoms with van der Waals surface area (Å²) in [5.74, 6) is 2.52. The first kappa shape index (κ1) is 15.5. The maximum Gasteiger partial charge on any atom is 0.145 e. The molecule has 1 saturated carbocycles. The number of hydrogen-bond acceptors (Lipinski definition) is 5. The molecular weight excluding hydrogens is 320 g/mol. The van der Waals surface area contributed by atoms with E-state index in [0.29, 0.717) is 0 Å². The van der Waals surface area contributed by atoms with Gasteiger partial charge in [0, 0.05) is 26.3 Å². The van der Waals surface area contributed by atoms with Gasteiger partial charge in [-0.2, -0.15) is 0 Å². The molecule has 1 aromatic heterocycles. The van der Waals surface area contributed by atoms with E-state index in [1.807, 2.05) is 0 Å². The van der Waals surface area contributed by atoms with E-state index >= 15 is 0 Å². The highest BCUT2D eigenvalue weighted by Crippen LogP contribution is 2.29. The van der Waals surface area contributed by atoms with Crippen LogP contribution in [0.15, 0.2) is 10.8 Å². The lowest BCUT2D eigenvalue weighted by atomic mass is 10.4. The summed E-state index contributed by atoms with van der Waals surface area (Å²) < 4.78 is 6.50. The van der Waals surface area contributed by atoms with Gasteiger partial charge in [0.25, 0.3) is 0 Å². The number of aromatic nitrogens is 2. The Hall–Kier alpha value is -0.880. The van der Waals surface area contributed by atoms with Crippen molar-refractivity contribution >= 4 is 27.6 Å². The van der Waals surface area contributed by atoms with Crippen molar-refractivity contribution in [3.05, 3.63) is 10.8 Å². The average Bonchev–Trinajstić information content (AvgIpc) is 3.27. The molecule has 20 heavy (non-hydrogen) atoms. The van der Waals surface area contributed by atoms with Crippen LogP contribution in [0.25, 0.3) is 0 Å². The SMILES string of the molecule is CCCNc1ncnc(NCCCOCC2CC2)c1Br. The van der Waals surface area contributed by atoms with Crippen molar-refractivity contribution in [3.8, 4) is 0 Å². The molecule has 6 heteroatoms. The van der Waals surface area contributed by atoms with Crippen LogP contribution in [0.3, 0.4) is 0 Å². The fraction of sp³-hybridized carbons (Fsp3) is 0.714. The Morgan fingerprint density at radius 1 is 1.25 bits per heavy atom. The second-order valence-electron chi connectivity index (χ2n) is 5.11. The van der Waals surface area contributed by atoms with Gasteiger partial charge in [0.1, 0.15) is 22.4 Å². The van der Waals surface area contributed by atoms with Gasteiger partial charge >= 0.3 is 0 Å². The van der Waals surface area contributed by atoms with E-state index in [4.69, 9.17) is 4.74 Å². The third-order valence-electron chi connectivity index (χ3n) is 3.14. The normalized spacial score (nSPS) is 14.3. The predicted octanol–water partition coefficient (Wildman–Crippen LogP) is 3.29. The van der Waals surface area contributed by atoms with E-state index in [1.54, 1.807) is 6.33 Å². The van der Waals surface area contributed by atoms with Crippen molar-refractivity contribution in [2.24, 2.45) is 5.92 Å². The Morgan fingerprint density at radius 3 is 2.60 bits per heavy atom. The van der Waals surface area contributed by atoms with Crippen LogP contribution < -0.4 is 10.6 Å². The highest BCUT2D eigenvalue weighted by Gasteiger charge is 2.20. The minimum absolute atomic E-state index is 0.813. The van der Waals surface area contributed by atoms with Crippen LogP contribution in [0.1, 0.15) is 32.6 Å². The lowest BCUT2D eigenvalue weighted by Crippen LogP contribution is -2.10. The number of ether oxygens (including phenoxy) is 1. The number of anilines is 2. The smallest absolute Gasteiger partial charge is 0.145 e. The zero-order valence-electron chi connectivity index (χ0n) is 12.0. The topological polar surface area (TPSA) is 59.1 Å². The second-order valence-corrected chi connectivity index (χ2v) is 5.90. The molecule has 0 radical (unpaired) electrons. The third kappa shape index (κ3) is 5.25. The molecule has 1 heterocycles. The van der Waals surface area contributed by atoms with Gasteiger partial charge in [0.2, 0.25) is 0 Å². The zero-order valence-corrected chi connectivity index (χ0v) is 13.6. The molecule has 1 aromatic rings. The lowest BCUT2D eigenvalue weighted by molar-refractivity contribution is 0.124. The number of hydrogen-bond donors (Lipinski definition) is 2. The molecule has 0 amide bonds.